The van der Waals surface area contributed by atoms with E-state index in [0.29, 0.717) is 28.3 Å². The minimum Gasteiger partial charge on any atom is -0.462 e. The van der Waals surface area contributed by atoms with E-state index >= 15 is 0 Å². The molecule has 0 unspecified atom stereocenters. The second-order valence-corrected chi connectivity index (χ2v) is 7.52. The zero-order chi connectivity index (χ0) is 21.2. The van der Waals surface area contributed by atoms with Gasteiger partial charge in [0.1, 0.15) is 9.88 Å². The number of carbonyl (C=O) groups excluding carboxylic acids is 3. The fraction of sp³-hybridized carbons (Fsp3) is 0.409. The van der Waals surface area contributed by atoms with Gasteiger partial charge in [0.2, 0.25) is 5.91 Å². The van der Waals surface area contributed by atoms with Crippen molar-refractivity contribution in [1.82, 2.24) is 0 Å². The molecule has 0 aliphatic heterocycles. The van der Waals surface area contributed by atoms with Crippen LogP contribution in [0.4, 0.5) is 5.00 Å². The maximum Gasteiger partial charge on any atom is 0.348 e. The number of benzene rings is 1. The minimum atomic E-state index is -0.560. The number of hydrogen-bond donors (Lipinski definition) is 1. The molecule has 0 aliphatic carbocycles. The Bertz CT molecular complexity index is 844. The normalized spacial score (nSPS) is 10.4. The summed E-state index contributed by atoms with van der Waals surface area (Å²) in [6, 6.07) is 9.72. The smallest absolute Gasteiger partial charge is 0.348 e. The fourth-order valence-corrected chi connectivity index (χ4v) is 3.85. The highest BCUT2D eigenvalue weighted by Crippen LogP contribution is 2.34. The van der Waals surface area contributed by atoms with Gasteiger partial charge in [-0.25, -0.2) is 9.59 Å². The van der Waals surface area contributed by atoms with E-state index in [-0.39, 0.29) is 24.7 Å². The molecule has 156 valence electrons. The number of esters is 2. The van der Waals surface area contributed by atoms with Gasteiger partial charge in [-0.05, 0) is 31.4 Å². The predicted octanol–water partition coefficient (Wildman–Crippen LogP) is 4.76. The average Bonchev–Trinajstić information content (AvgIpc) is 3.03. The van der Waals surface area contributed by atoms with Crippen molar-refractivity contribution in [3.63, 3.8) is 0 Å². The molecule has 1 aromatic heterocycles. The largest absolute Gasteiger partial charge is 0.462 e. The molecular formula is C22H27NO5S. The zero-order valence-corrected chi connectivity index (χ0v) is 17.9. The molecular weight excluding hydrogens is 390 g/mol. The highest BCUT2D eigenvalue weighted by molar-refractivity contribution is 7.18. The summed E-state index contributed by atoms with van der Waals surface area (Å²) in [5.74, 6) is -1.26. The van der Waals surface area contributed by atoms with Crippen LogP contribution in [0.15, 0.2) is 30.3 Å². The Hall–Kier alpha value is -2.67. The van der Waals surface area contributed by atoms with E-state index < -0.39 is 11.9 Å². The molecule has 0 saturated carbocycles. The molecule has 0 aliphatic rings. The Kier molecular flexibility index (Phi) is 8.86. The monoisotopic (exact) mass is 417 g/mol. The number of nitrogens with one attached hydrogen (secondary N) is 1. The summed E-state index contributed by atoms with van der Waals surface area (Å²) in [4.78, 5) is 37.4. The minimum absolute atomic E-state index is 0.192. The van der Waals surface area contributed by atoms with E-state index in [2.05, 4.69) is 5.32 Å². The maximum atomic E-state index is 12.6. The zero-order valence-electron chi connectivity index (χ0n) is 17.1. The van der Waals surface area contributed by atoms with E-state index in [1.165, 1.54) is 0 Å². The molecule has 0 spiro atoms. The van der Waals surface area contributed by atoms with Gasteiger partial charge in [-0.1, -0.05) is 43.7 Å². The van der Waals surface area contributed by atoms with Gasteiger partial charge in [0.15, 0.2) is 0 Å². The van der Waals surface area contributed by atoms with Gasteiger partial charge in [-0.3, -0.25) is 4.79 Å². The Morgan fingerprint density at radius 2 is 1.76 bits per heavy atom. The van der Waals surface area contributed by atoms with Crippen LogP contribution >= 0.6 is 11.3 Å². The summed E-state index contributed by atoms with van der Waals surface area (Å²) in [6.07, 6.45) is 2.59. The lowest BCUT2D eigenvalue weighted by atomic mass is 10.1. The van der Waals surface area contributed by atoms with Gasteiger partial charge in [-0.15, -0.1) is 11.3 Å². The van der Waals surface area contributed by atoms with Gasteiger partial charge in [-0.2, -0.15) is 0 Å². The molecule has 1 heterocycles. The topological polar surface area (TPSA) is 81.7 Å². The third kappa shape index (κ3) is 6.42. The van der Waals surface area contributed by atoms with Crippen LogP contribution in [0.2, 0.25) is 0 Å². The van der Waals surface area contributed by atoms with Gasteiger partial charge in [0, 0.05) is 12.8 Å². The summed E-state index contributed by atoms with van der Waals surface area (Å²) in [5.41, 5.74) is 1.75. The van der Waals surface area contributed by atoms with Gasteiger partial charge in [0.25, 0.3) is 0 Å². The Labute approximate surface area is 175 Å². The number of amides is 1. The highest BCUT2D eigenvalue weighted by atomic mass is 32.1. The van der Waals surface area contributed by atoms with Crippen LogP contribution in [0.3, 0.4) is 0 Å². The molecule has 2 rings (SSSR count). The van der Waals surface area contributed by atoms with Crippen molar-refractivity contribution in [2.75, 3.05) is 18.5 Å². The van der Waals surface area contributed by atoms with Crippen molar-refractivity contribution in [1.29, 1.82) is 0 Å². The molecule has 7 heteroatoms. The molecule has 1 aromatic carbocycles. The third-order valence-corrected chi connectivity index (χ3v) is 5.48. The summed E-state index contributed by atoms with van der Waals surface area (Å²) in [6.45, 7) is 5.80. The number of thiophene rings is 1. The molecule has 0 saturated heterocycles. The van der Waals surface area contributed by atoms with E-state index in [4.69, 9.17) is 9.47 Å². The quantitative estimate of drug-likeness (QED) is 0.564. The molecule has 0 fully saturated rings. The second kappa shape index (κ2) is 11.4. The first-order valence-electron chi connectivity index (χ1n) is 9.79. The van der Waals surface area contributed by atoms with Crippen molar-refractivity contribution in [2.24, 2.45) is 0 Å². The first-order chi connectivity index (χ1) is 14.0. The summed E-state index contributed by atoms with van der Waals surface area (Å²) in [5, 5.41) is 3.08. The van der Waals surface area contributed by atoms with Gasteiger partial charge < -0.3 is 14.8 Å². The van der Waals surface area contributed by atoms with Crippen LogP contribution in [0.25, 0.3) is 0 Å². The lowest BCUT2D eigenvalue weighted by Gasteiger charge is -2.07. The Morgan fingerprint density at radius 1 is 1.03 bits per heavy atom. The molecule has 0 bridgehead atoms. The Balaban J connectivity index is 2.15. The summed E-state index contributed by atoms with van der Waals surface area (Å²) in [7, 11) is 0. The SMILES string of the molecule is CCCCC(=O)Nc1sc(C(=O)OCCc2ccccc2)c(C)c1C(=O)OCC. The van der Waals surface area contributed by atoms with Crippen LogP contribution in [0, 0.1) is 6.92 Å². The van der Waals surface area contributed by atoms with Crippen molar-refractivity contribution >= 4 is 34.2 Å². The van der Waals surface area contributed by atoms with Crippen LogP contribution in [-0.2, 0) is 20.7 Å². The lowest BCUT2D eigenvalue weighted by molar-refractivity contribution is -0.116. The number of hydrogen-bond acceptors (Lipinski definition) is 6. The number of anilines is 1. The molecule has 0 radical (unpaired) electrons. The number of ether oxygens (including phenoxy) is 2. The maximum absolute atomic E-state index is 12.6. The van der Waals surface area contributed by atoms with E-state index in [9.17, 15) is 14.4 Å². The third-order valence-electron chi connectivity index (χ3n) is 4.29. The second-order valence-electron chi connectivity index (χ2n) is 6.50. The summed E-state index contributed by atoms with van der Waals surface area (Å²) >= 11 is 1.05. The van der Waals surface area contributed by atoms with E-state index in [1.807, 2.05) is 37.3 Å². The van der Waals surface area contributed by atoms with E-state index in [1.54, 1.807) is 13.8 Å². The molecule has 6 nitrogen and oxygen atoms in total. The highest BCUT2D eigenvalue weighted by Gasteiger charge is 2.27. The van der Waals surface area contributed by atoms with Crippen molar-refractivity contribution in [3.8, 4) is 0 Å². The Morgan fingerprint density at radius 3 is 2.41 bits per heavy atom. The molecule has 29 heavy (non-hydrogen) atoms. The molecule has 1 N–H and O–H groups in total. The number of unbranched alkanes of at least 4 members (excludes halogenated alkanes) is 1. The average molecular weight is 418 g/mol. The van der Waals surface area contributed by atoms with Crippen LogP contribution in [-0.4, -0.2) is 31.1 Å². The van der Waals surface area contributed by atoms with E-state index in [0.717, 1.165) is 29.7 Å². The summed E-state index contributed by atoms with van der Waals surface area (Å²) < 4.78 is 10.5. The molecule has 0 atom stereocenters. The van der Waals surface area contributed by atoms with Gasteiger partial charge in [0.05, 0.1) is 18.8 Å². The van der Waals surface area contributed by atoms with Crippen molar-refractivity contribution in [3.05, 3.63) is 51.9 Å². The van der Waals surface area contributed by atoms with Crippen LogP contribution in [0.5, 0.6) is 0 Å². The van der Waals surface area contributed by atoms with Crippen LogP contribution in [0.1, 0.15) is 64.3 Å². The predicted molar refractivity (Wildman–Crippen MR) is 114 cm³/mol. The standard InChI is InChI=1S/C22H27NO5S/c1-4-6-12-17(24)23-20-18(21(25)27-5-2)15(3)19(29-20)22(26)28-14-13-16-10-8-7-9-11-16/h7-11H,4-6,12-14H2,1-3H3,(H,23,24). The fourth-order valence-electron chi connectivity index (χ4n) is 2.74. The lowest BCUT2D eigenvalue weighted by Crippen LogP contribution is -2.14. The van der Waals surface area contributed by atoms with Gasteiger partial charge >= 0.3 is 11.9 Å². The first kappa shape index (κ1) is 22.6. The number of rotatable bonds is 10. The number of carbonyl (C=O) groups is 3. The van der Waals surface area contributed by atoms with Crippen molar-refractivity contribution in [2.45, 2.75) is 46.5 Å². The van der Waals surface area contributed by atoms with Crippen molar-refractivity contribution < 1.29 is 23.9 Å². The first-order valence-corrected chi connectivity index (χ1v) is 10.6. The van der Waals surface area contributed by atoms with Crippen LogP contribution < -0.4 is 5.32 Å². The molecule has 1 amide bonds. The molecule has 2 aromatic rings.